The highest BCUT2D eigenvalue weighted by Crippen LogP contribution is 2.35. The molecule has 2 aromatic carbocycles. The second-order valence-electron chi connectivity index (χ2n) is 5.99. The first-order valence-electron chi connectivity index (χ1n) is 8.26. The van der Waals surface area contributed by atoms with E-state index in [1.807, 2.05) is 25.1 Å². The van der Waals surface area contributed by atoms with E-state index in [9.17, 15) is 4.79 Å². The molecule has 0 fully saturated rings. The van der Waals surface area contributed by atoms with E-state index in [0.717, 1.165) is 17.0 Å². The topological polar surface area (TPSA) is 111 Å². The molecule has 8 heteroatoms. The van der Waals surface area contributed by atoms with Gasteiger partial charge >= 0.3 is 0 Å². The van der Waals surface area contributed by atoms with Gasteiger partial charge < -0.3 is 25.8 Å². The van der Waals surface area contributed by atoms with Crippen LogP contribution < -0.4 is 25.8 Å². The van der Waals surface area contributed by atoms with Gasteiger partial charge in [-0.25, -0.2) is 4.98 Å². The van der Waals surface area contributed by atoms with E-state index in [2.05, 4.69) is 20.6 Å². The molecule has 0 unspecified atom stereocenters. The fourth-order valence-corrected chi connectivity index (χ4v) is 2.62. The van der Waals surface area contributed by atoms with Crippen molar-refractivity contribution in [2.24, 2.45) is 5.73 Å². The number of hydrogen-bond donors (Lipinski definition) is 3. The van der Waals surface area contributed by atoms with E-state index < -0.39 is 5.91 Å². The summed E-state index contributed by atoms with van der Waals surface area (Å²) < 4.78 is 10.7. The van der Waals surface area contributed by atoms with Crippen molar-refractivity contribution in [2.45, 2.75) is 6.92 Å². The van der Waals surface area contributed by atoms with Gasteiger partial charge in [-0.2, -0.15) is 4.98 Å². The first-order chi connectivity index (χ1) is 13.1. The number of primary amides is 1. The number of anilines is 4. The number of nitrogens with zero attached hydrogens (tertiary/aromatic N) is 2. The van der Waals surface area contributed by atoms with Crippen LogP contribution in [-0.2, 0) is 0 Å². The quantitative estimate of drug-likeness (QED) is 0.638. The van der Waals surface area contributed by atoms with Gasteiger partial charge in [-0.15, -0.1) is 0 Å². The number of rotatable bonds is 5. The number of benzene rings is 2. The Morgan fingerprint density at radius 1 is 1.07 bits per heavy atom. The minimum Gasteiger partial charge on any atom is -0.454 e. The molecule has 0 atom stereocenters. The maximum absolute atomic E-state index is 11.3. The van der Waals surface area contributed by atoms with Crippen LogP contribution in [0, 0.1) is 6.92 Å². The normalized spacial score (nSPS) is 11.9. The second-order valence-corrected chi connectivity index (χ2v) is 5.99. The number of carbonyl (C=O) groups is 1. The molecule has 3 aromatic rings. The van der Waals surface area contributed by atoms with Crippen LogP contribution in [0.2, 0.25) is 0 Å². The zero-order chi connectivity index (χ0) is 18.8. The predicted molar refractivity (Wildman–Crippen MR) is 101 cm³/mol. The number of aromatic nitrogens is 2. The Morgan fingerprint density at radius 3 is 2.74 bits per heavy atom. The van der Waals surface area contributed by atoms with Crippen LogP contribution in [0.5, 0.6) is 11.5 Å². The maximum atomic E-state index is 11.3. The molecule has 1 aromatic heterocycles. The molecule has 0 saturated carbocycles. The van der Waals surface area contributed by atoms with Crippen molar-refractivity contribution in [3.8, 4) is 11.5 Å². The Balaban J connectivity index is 1.56. The average Bonchev–Trinajstić information content (AvgIpc) is 3.12. The van der Waals surface area contributed by atoms with Gasteiger partial charge in [-0.3, -0.25) is 4.79 Å². The highest BCUT2D eigenvalue weighted by atomic mass is 16.7. The summed E-state index contributed by atoms with van der Waals surface area (Å²) in [6.07, 6.45) is 1.71. The lowest BCUT2D eigenvalue weighted by Crippen LogP contribution is -2.11. The van der Waals surface area contributed by atoms with E-state index in [-0.39, 0.29) is 6.79 Å². The Kier molecular flexibility index (Phi) is 4.21. The van der Waals surface area contributed by atoms with Crippen molar-refractivity contribution in [3.63, 3.8) is 0 Å². The summed E-state index contributed by atoms with van der Waals surface area (Å²) >= 11 is 0. The molecular weight excluding hydrogens is 346 g/mol. The van der Waals surface area contributed by atoms with Crippen LogP contribution in [0.25, 0.3) is 0 Å². The fraction of sp³-hybridized carbons (Fsp3) is 0.105. The zero-order valence-electron chi connectivity index (χ0n) is 14.5. The monoisotopic (exact) mass is 363 g/mol. The standard InChI is InChI=1S/C19H17N5O3/c1-11-9-21-19(23-13-4-2-3-12(7-13)17(20)25)24-18(11)22-14-5-6-15-16(8-14)27-10-26-15/h2-9H,10H2,1H3,(H2,20,25)(H2,21,22,23,24). The molecule has 136 valence electrons. The Bertz CT molecular complexity index is 1020. The molecule has 1 aliphatic heterocycles. The molecule has 2 heterocycles. The molecule has 1 amide bonds. The van der Waals surface area contributed by atoms with Crippen molar-refractivity contribution in [1.82, 2.24) is 9.97 Å². The van der Waals surface area contributed by atoms with Crippen molar-refractivity contribution in [2.75, 3.05) is 17.4 Å². The van der Waals surface area contributed by atoms with E-state index in [4.69, 9.17) is 15.2 Å². The molecular formula is C19H17N5O3. The van der Waals surface area contributed by atoms with Gasteiger partial charge in [0.2, 0.25) is 18.6 Å². The van der Waals surface area contributed by atoms with Crippen molar-refractivity contribution >= 4 is 29.0 Å². The fourth-order valence-electron chi connectivity index (χ4n) is 2.62. The molecule has 1 aliphatic rings. The summed E-state index contributed by atoms with van der Waals surface area (Å²) in [5.74, 6) is 1.96. The molecule has 4 N–H and O–H groups in total. The number of carbonyl (C=O) groups excluding carboxylic acids is 1. The first-order valence-corrected chi connectivity index (χ1v) is 8.26. The smallest absolute Gasteiger partial charge is 0.248 e. The average molecular weight is 363 g/mol. The van der Waals surface area contributed by atoms with Crippen LogP contribution in [-0.4, -0.2) is 22.7 Å². The molecule has 0 saturated heterocycles. The lowest BCUT2D eigenvalue weighted by molar-refractivity contribution is 0.100. The molecule has 0 spiro atoms. The first kappa shape index (κ1) is 16.6. The lowest BCUT2D eigenvalue weighted by atomic mass is 10.2. The number of nitrogens with two attached hydrogens (primary N) is 1. The minimum atomic E-state index is -0.492. The van der Waals surface area contributed by atoms with Crippen LogP contribution in [0.4, 0.5) is 23.1 Å². The third kappa shape index (κ3) is 3.59. The Morgan fingerprint density at radius 2 is 1.89 bits per heavy atom. The third-order valence-electron chi connectivity index (χ3n) is 4.01. The largest absolute Gasteiger partial charge is 0.454 e. The summed E-state index contributed by atoms with van der Waals surface area (Å²) in [5, 5.41) is 6.34. The number of aryl methyl sites for hydroxylation is 1. The number of ether oxygens (including phenoxy) is 2. The summed E-state index contributed by atoms with van der Waals surface area (Å²) in [4.78, 5) is 20.1. The zero-order valence-corrected chi connectivity index (χ0v) is 14.5. The molecule has 4 rings (SSSR count). The van der Waals surface area contributed by atoms with Gasteiger partial charge in [0.05, 0.1) is 0 Å². The van der Waals surface area contributed by atoms with Gasteiger partial charge in [0.15, 0.2) is 11.5 Å². The van der Waals surface area contributed by atoms with Gasteiger partial charge in [-0.05, 0) is 37.3 Å². The second kappa shape index (κ2) is 6.83. The summed E-state index contributed by atoms with van der Waals surface area (Å²) in [6, 6.07) is 12.4. The highest BCUT2D eigenvalue weighted by Gasteiger charge is 2.14. The molecule has 27 heavy (non-hydrogen) atoms. The number of nitrogens with one attached hydrogen (secondary N) is 2. The minimum absolute atomic E-state index is 0.226. The number of fused-ring (bicyclic) bond motifs is 1. The Hall–Kier alpha value is -3.81. The van der Waals surface area contributed by atoms with Gasteiger partial charge in [0.25, 0.3) is 0 Å². The van der Waals surface area contributed by atoms with Crippen LogP contribution >= 0.6 is 0 Å². The molecule has 0 bridgehead atoms. The summed E-state index contributed by atoms with van der Waals surface area (Å²) in [7, 11) is 0. The highest BCUT2D eigenvalue weighted by molar-refractivity contribution is 5.93. The molecule has 0 aliphatic carbocycles. The van der Waals surface area contributed by atoms with Crippen LogP contribution in [0.1, 0.15) is 15.9 Å². The van der Waals surface area contributed by atoms with Crippen molar-refractivity contribution in [1.29, 1.82) is 0 Å². The summed E-state index contributed by atoms with van der Waals surface area (Å²) in [6.45, 7) is 2.14. The maximum Gasteiger partial charge on any atom is 0.248 e. The number of amides is 1. The van der Waals surface area contributed by atoms with E-state index in [0.29, 0.717) is 28.8 Å². The lowest BCUT2D eigenvalue weighted by Gasteiger charge is -2.11. The molecule has 0 radical (unpaired) electrons. The van der Waals surface area contributed by atoms with Crippen LogP contribution in [0.15, 0.2) is 48.7 Å². The Labute approximate surface area is 155 Å². The SMILES string of the molecule is Cc1cnc(Nc2cccc(C(N)=O)c2)nc1Nc1ccc2c(c1)OCO2. The van der Waals surface area contributed by atoms with Crippen molar-refractivity contribution in [3.05, 3.63) is 59.8 Å². The predicted octanol–water partition coefficient (Wildman–Crippen LogP) is 3.10. The summed E-state index contributed by atoms with van der Waals surface area (Å²) in [5.41, 5.74) is 8.10. The van der Waals surface area contributed by atoms with Crippen LogP contribution in [0.3, 0.4) is 0 Å². The van der Waals surface area contributed by atoms with E-state index >= 15 is 0 Å². The molecule has 8 nitrogen and oxygen atoms in total. The third-order valence-corrected chi connectivity index (χ3v) is 4.01. The van der Waals surface area contributed by atoms with Gasteiger partial charge in [-0.1, -0.05) is 6.07 Å². The van der Waals surface area contributed by atoms with Gasteiger partial charge in [0, 0.05) is 34.8 Å². The van der Waals surface area contributed by atoms with Crippen molar-refractivity contribution < 1.29 is 14.3 Å². The van der Waals surface area contributed by atoms with Gasteiger partial charge in [0.1, 0.15) is 5.82 Å². The van der Waals surface area contributed by atoms with E-state index in [1.54, 1.807) is 30.5 Å². The van der Waals surface area contributed by atoms with E-state index in [1.165, 1.54) is 0 Å². The number of hydrogen-bond acceptors (Lipinski definition) is 7.